The average molecular weight is 426 g/mol. The fourth-order valence-electron chi connectivity index (χ4n) is 2.94. The van der Waals surface area contributed by atoms with E-state index in [1.165, 1.54) is 14.1 Å². The molecule has 1 atom stereocenters. The van der Waals surface area contributed by atoms with E-state index in [1.54, 1.807) is 30.3 Å². The van der Waals surface area contributed by atoms with Crippen LogP contribution in [0.1, 0.15) is 30.9 Å². The molecule has 0 unspecified atom stereocenters. The van der Waals surface area contributed by atoms with E-state index < -0.39 is 28.3 Å². The van der Waals surface area contributed by atoms with E-state index in [0.717, 1.165) is 12.8 Å². The standard InChI is InChI=1S/C21H23N5O5/c1-26(2,21(30)31-15-11-7-4-8-12-15)19-23-18(24-20(29)25-19)22-16(13-17(27)28)14-9-5-3-6-10-14/h3,5-7,9-12,16H,4,8,13H2,1-2H3,(H2-,22,23,24,25,27,28,29)/p+1/t16-/m1/s1. The number of carboxylic acid groups (broad SMARTS) is 1. The zero-order valence-electron chi connectivity index (χ0n) is 17.2. The number of benzene rings is 1. The van der Waals surface area contributed by atoms with Crippen LogP contribution in [0.4, 0.5) is 16.7 Å². The van der Waals surface area contributed by atoms with Crippen molar-refractivity contribution in [3.05, 3.63) is 70.4 Å². The van der Waals surface area contributed by atoms with Crippen molar-refractivity contribution >= 4 is 24.0 Å². The predicted molar refractivity (Wildman–Crippen MR) is 114 cm³/mol. The van der Waals surface area contributed by atoms with Crippen molar-refractivity contribution in [3.63, 3.8) is 0 Å². The van der Waals surface area contributed by atoms with Gasteiger partial charge in [0, 0.05) is 0 Å². The molecule has 10 heteroatoms. The Morgan fingerprint density at radius 1 is 1.23 bits per heavy atom. The molecule has 0 spiro atoms. The lowest BCUT2D eigenvalue weighted by Gasteiger charge is -2.24. The molecule has 31 heavy (non-hydrogen) atoms. The predicted octanol–water partition coefficient (Wildman–Crippen LogP) is 2.73. The lowest BCUT2D eigenvalue weighted by Crippen LogP contribution is -2.49. The largest absolute Gasteiger partial charge is 0.528 e. The number of hydrogen-bond donors (Lipinski definition) is 3. The second-order valence-electron chi connectivity index (χ2n) is 7.41. The first-order chi connectivity index (χ1) is 14.8. The summed E-state index contributed by atoms with van der Waals surface area (Å²) >= 11 is 0. The average Bonchev–Trinajstić information content (AvgIpc) is 2.74. The van der Waals surface area contributed by atoms with Gasteiger partial charge in [0.05, 0.1) is 26.6 Å². The number of amides is 1. The number of quaternary nitrogens is 1. The first kappa shape index (κ1) is 21.9. The number of rotatable bonds is 7. The normalized spacial score (nSPS) is 14.5. The molecule has 1 amide bonds. The summed E-state index contributed by atoms with van der Waals surface area (Å²) in [7, 11) is 3.03. The molecule has 3 rings (SSSR count). The summed E-state index contributed by atoms with van der Waals surface area (Å²) in [6.45, 7) is 0. The highest BCUT2D eigenvalue weighted by Gasteiger charge is 2.36. The topological polar surface area (TPSA) is 134 Å². The Hall–Kier alpha value is -3.79. The molecule has 1 aromatic heterocycles. The molecule has 162 valence electrons. The molecular weight excluding hydrogens is 402 g/mol. The Balaban J connectivity index is 1.86. The smallest absolute Gasteiger partial charge is 0.481 e. The summed E-state index contributed by atoms with van der Waals surface area (Å²) in [4.78, 5) is 46.7. The lowest BCUT2D eigenvalue weighted by atomic mass is 10.0. The van der Waals surface area contributed by atoms with Crippen LogP contribution >= 0.6 is 0 Å². The second-order valence-corrected chi connectivity index (χ2v) is 7.41. The molecule has 0 radical (unpaired) electrons. The van der Waals surface area contributed by atoms with Crippen LogP contribution in [-0.4, -0.2) is 46.2 Å². The Morgan fingerprint density at radius 3 is 2.61 bits per heavy atom. The van der Waals surface area contributed by atoms with Gasteiger partial charge >= 0.3 is 23.7 Å². The van der Waals surface area contributed by atoms with Gasteiger partial charge in [-0.3, -0.25) is 4.79 Å². The van der Waals surface area contributed by atoms with Gasteiger partial charge in [0.25, 0.3) is 0 Å². The van der Waals surface area contributed by atoms with Crippen LogP contribution in [0.15, 0.2) is 59.1 Å². The van der Waals surface area contributed by atoms with Gasteiger partial charge < -0.3 is 15.2 Å². The van der Waals surface area contributed by atoms with Gasteiger partial charge in [0.1, 0.15) is 5.76 Å². The third-order valence-electron chi connectivity index (χ3n) is 4.67. The van der Waals surface area contributed by atoms with Gasteiger partial charge in [-0.15, -0.1) is 4.98 Å². The SMILES string of the molecule is C[N+](C)(C(=O)OC1=CCCC=C1)c1nc(N[C@H](CC(=O)O)c2ccccc2)nc(=O)[nH]1. The molecule has 1 aliphatic carbocycles. The number of aromatic nitrogens is 3. The number of aliphatic carboxylic acids is 1. The van der Waals surface area contributed by atoms with Crippen molar-refractivity contribution in [2.45, 2.75) is 25.3 Å². The van der Waals surface area contributed by atoms with Crippen LogP contribution in [0.3, 0.4) is 0 Å². The van der Waals surface area contributed by atoms with E-state index in [0.29, 0.717) is 11.3 Å². The van der Waals surface area contributed by atoms with Gasteiger partial charge in [-0.1, -0.05) is 36.4 Å². The number of hydrogen-bond acceptors (Lipinski definition) is 7. The lowest BCUT2D eigenvalue weighted by molar-refractivity contribution is -0.137. The van der Waals surface area contributed by atoms with Crippen LogP contribution in [0.2, 0.25) is 0 Å². The number of anilines is 1. The van der Waals surface area contributed by atoms with Crippen molar-refractivity contribution in [1.82, 2.24) is 19.4 Å². The zero-order chi connectivity index (χ0) is 22.4. The number of nitrogens with one attached hydrogen (secondary N) is 2. The molecule has 0 saturated heterocycles. The van der Waals surface area contributed by atoms with Gasteiger partial charge in [-0.2, -0.15) is 14.3 Å². The van der Waals surface area contributed by atoms with E-state index >= 15 is 0 Å². The number of carbonyl (C=O) groups is 2. The molecule has 2 aromatic rings. The minimum Gasteiger partial charge on any atom is -0.481 e. The third-order valence-corrected chi connectivity index (χ3v) is 4.67. The highest BCUT2D eigenvalue weighted by molar-refractivity contribution is 5.80. The van der Waals surface area contributed by atoms with Crippen LogP contribution in [0, 0.1) is 0 Å². The Kier molecular flexibility index (Phi) is 6.61. The van der Waals surface area contributed by atoms with Gasteiger partial charge in [0.2, 0.25) is 5.95 Å². The Labute approximate surface area is 178 Å². The molecular formula is C21H24N5O5+. The second kappa shape index (κ2) is 9.35. The fraction of sp³-hybridized carbons (Fsp3) is 0.286. The van der Waals surface area contributed by atoms with Crippen molar-refractivity contribution in [2.75, 3.05) is 19.4 Å². The van der Waals surface area contributed by atoms with E-state index in [4.69, 9.17) is 4.74 Å². The van der Waals surface area contributed by atoms with Crippen molar-refractivity contribution < 1.29 is 19.4 Å². The number of ether oxygens (including phenoxy) is 1. The van der Waals surface area contributed by atoms with Crippen molar-refractivity contribution in [3.8, 4) is 0 Å². The summed E-state index contributed by atoms with van der Waals surface area (Å²) in [5.74, 6) is -0.692. The number of aromatic amines is 1. The Bertz CT molecular complexity index is 1080. The van der Waals surface area contributed by atoms with Crippen LogP contribution < -0.4 is 15.5 Å². The molecule has 0 bridgehead atoms. The van der Waals surface area contributed by atoms with Crippen molar-refractivity contribution in [2.24, 2.45) is 0 Å². The van der Waals surface area contributed by atoms with E-state index in [9.17, 15) is 19.5 Å². The number of nitrogens with zero attached hydrogens (tertiary/aromatic N) is 3. The summed E-state index contributed by atoms with van der Waals surface area (Å²) < 4.78 is 4.91. The molecule has 1 aliphatic rings. The highest BCUT2D eigenvalue weighted by Crippen LogP contribution is 2.23. The van der Waals surface area contributed by atoms with E-state index in [-0.39, 0.29) is 18.3 Å². The molecule has 0 fully saturated rings. The summed E-state index contributed by atoms with van der Waals surface area (Å²) in [5, 5.41) is 12.2. The summed E-state index contributed by atoms with van der Waals surface area (Å²) in [5.41, 5.74) is -0.0371. The summed E-state index contributed by atoms with van der Waals surface area (Å²) in [6, 6.07) is 8.22. The first-order valence-electron chi connectivity index (χ1n) is 9.71. The van der Waals surface area contributed by atoms with Crippen LogP contribution in [-0.2, 0) is 9.53 Å². The summed E-state index contributed by atoms with van der Waals surface area (Å²) in [6.07, 6.45) is 6.18. The van der Waals surface area contributed by atoms with Crippen LogP contribution in [0.25, 0.3) is 0 Å². The molecule has 1 heterocycles. The first-order valence-corrected chi connectivity index (χ1v) is 9.71. The van der Waals surface area contributed by atoms with Crippen molar-refractivity contribution in [1.29, 1.82) is 0 Å². The third kappa shape index (κ3) is 5.64. The number of H-pyrrole nitrogens is 1. The molecule has 3 N–H and O–H groups in total. The minimum atomic E-state index is -1.03. The van der Waals surface area contributed by atoms with Gasteiger partial charge in [0.15, 0.2) is 0 Å². The number of carboxylic acids is 1. The number of carbonyl (C=O) groups excluding carboxylic acids is 1. The fourth-order valence-corrected chi connectivity index (χ4v) is 2.94. The quantitative estimate of drug-likeness (QED) is 0.575. The van der Waals surface area contributed by atoms with Crippen LogP contribution in [0.5, 0.6) is 0 Å². The monoisotopic (exact) mass is 426 g/mol. The molecule has 1 aromatic carbocycles. The molecule has 0 saturated carbocycles. The maximum atomic E-state index is 12.7. The minimum absolute atomic E-state index is 0.00461. The molecule has 10 nitrogen and oxygen atoms in total. The van der Waals surface area contributed by atoms with Gasteiger partial charge in [-0.25, -0.2) is 9.78 Å². The van der Waals surface area contributed by atoms with E-state index in [2.05, 4.69) is 20.3 Å². The maximum Gasteiger partial charge on any atom is 0.528 e. The molecule has 0 aliphatic heterocycles. The van der Waals surface area contributed by atoms with Gasteiger partial charge in [-0.05, 0) is 30.6 Å². The zero-order valence-corrected chi connectivity index (χ0v) is 17.2. The van der Waals surface area contributed by atoms with E-state index in [1.807, 2.05) is 18.2 Å². The maximum absolute atomic E-state index is 12.7. The number of allylic oxidation sites excluding steroid dienone is 3. The Morgan fingerprint density at radius 2 is 1.97 bits per heavy atom. The highest BCUT2D eigenvalue weighted by atomic mass is 16.6.